The van der Waals surface area contributed by atoms with Gasteiger partial charge in [0.1, 0.15) is 0 Å². The average molecular weight is 320 g/mol. The minimum absolute atomic E-state index is 0.00374. The zero-order valence-electron chi connectivity index (χ0n) is 10.9. The molecule has 1 aromatic rings. The summed E-state index contributed by atoms with van der Waals surface area (Å²) in [4.78, 5) is 11.6. The van der Waals surface area contributed by atoms with Crippen molar-refractivity contribution in [1.29, 1.82) is 0 Å². The van der Waals surface area contributed by atoms with Crippen molar-refractivity contribution in [2.45, 2.75) is 11.8 Å². The van der Waals surface area contributed by atoms with Gasteiger partial charge in [0.25, 0.3) is 5.91 Å². The molecule has 0 heterocycles. The summed E-state index contributed by atoms with van der Waals surface area (Å²) in [6.07, 6.45) is 0. The van der Waals surface area contributed by atoms with Gasteiger partial charge >= 0.3 is 0 Å². The Morgan fingerprint density at radius 1 is 1.25 bits per heavy atom. The van der Waals surface area contributed by atoms with E-state index in [2.05, 4.69) is 5.32 Å². The van der Waals surface area contributed by atoms with Gasteiger partial charge in [0, 0.05) is 17.9 Å². The molecule has 0 saturated heterocycles. The molecule has 0 radical (unpaired) electrons. The number of primary sulfonamides is 1. The predicted molar refractivity (Wildman–Crippen MR) is 74.5 cm³/mol. The largest absolute Gasteiger partial charge is 0.351 e. The van der Waals surface area contributed by atoms with E-state index in [9.17, 15) is 21.6 Å². The fourth-order valence-electron chi connectivity index (χ4n) is 1.38. The molecule has 3 N–H and O–H groups in total. The number of rotatable bonds is 6. The fourth-order valence-corrected chi connectivity index (χ4v) is 2.64. The highest BCUT2D eigenvalue weighted by Gasteiger charge is 2.13. The number of amides is 1. The van der Waals surface area contributed by atoms with Crippen molar-refractivity contribution in [3.63, 3.8) is 0 Å². The molecule has 0 aromatic heterocycles. The first-order valence-electron chi connectivity index (χ1n) is 5.77. The molecule has 0 atom stereocenters. The van der Waals surface area contributed by atoms with Crippen LogP contribution in [0.2, 0.25) is 0 Å². The average Bonchev–Trinajstić information content (AvgIpc) is 2.37. The van der Waals surface area contributed by atoms with Crippen molar-refractivity contribution in [2.24, 2.45) is 5.14 Å². The number of nitrogens with one attached hydrogen (secondary N) is 1. The smallest absolute Gasteiger partial charge is 0.251 e. The molecule has 7 nitrogen and oxygen atoms in total. The normalized spacial score (nSPS) is 12.1. The van der Waals surface area contributed by atoms with Crippen molar-refractivity contribution in [3.8, 4) is 0 Å². The van der Waals surface area contributed by atoms with Crippen LogP contribution >= 0.6 is 0 Å². The SMILES string of the molecule is CCS(=O)(=O)CCNC(=O)c1cccc(S(N)(=O)=O)c1. The lowest BCUT2D eigenvalue weighted by atomic mass is 10.2. The molecule has 1 amide bonds. The summed E-state index contributed by atoms with van der Waals surface area (Å²) in [6.45, 7) is 1.49. The summed E-state index contributed by atoms with van der Waals surface area (Å²) in [5.41, 5.74) is 0.102. The van der Waals surface area contributed by atoms with Crippen LogP contribution in [-0.2, 0) is 19.9 Å². The Labute approximate surface area is 118 Å². The van der Waals surface area contributed by atoms with E-state index in [4.69, 9.17) is 5.14 Å². The predicted octanol–water partition coefficient (Wildman–Crippen LogP) is -0.501. The van der Waals surface area contributed by atoms with Gasteiger partial charge in [-0.3, -0.25) is 4.79 Å². The van der Waals surface area contributed by atoms with E-state index >= 15 is 0 Å². The number of hydrogen-bond donors (Lipinski definition) is 2. The van der Waals surface area contributed by atoms with E-state index in [0.29, 0.717) is 0 Å². The lowest BCUT2D eigenvalue weighted by molar-refractivity contribution is 0.0956. The standard InChI is InChI=1S/C11H16N2O5S2/c1-2-19(15,16)7-6-13-11(14)9-4-3-5-10(8-9)20(12,17)18/h3-5,8H,2,6-7H2,1H3,(H,13,14)(H2,12,17,18). The highest BCUT2D eigenvalue weighted by atomic mass is 32.2. The van der Waals surface area contributed by atoms with Gasteiger partial charge in [-0.1, -0.05) is 13.0 Å². The Morgan fingerprint density at radius 3 is 2.45 bits per heavy atom. The molecule has 0 aliphatic heterocycles. The molecule has 112 valence electrons. The number of carbonyl (C=O) groups is 1. The topological polar surface area (TPSA) is 123 Å². The van der Waals surface area contributed by atoms with Crippen LogP contribution in [0.5, 0.6) is 0 Å². The lowest BCUT2D eigenvalue weighted by Crippen LogP contribution is -2.29. The van der Waals surface area contributed by atoms with Gasteiger partial charge in [-0.2, -0.15) is 0 Å². The molecule has 0 aliphatic rings. The summed E-state index contributed by atoms with van der Waals surface area (Å²) in [6, 6.07) is 5.21. The number of hydrogen-bond acceptors (Lipinski definition) is 5. The number of carbonyl (C=O) groups excluding carboxylic acids is 1. The van der Waals surface area contributed by atoms with E-state index in [1.54, 1.807) is 0 Å². The highest BCUT2D eigenvalue weighted by molar-refractivity contribution is 7.91. The Bertz CT molecular complexity index is 695. The van der Waals surface area contributed by atoms with Crippen molar-refractivity contribution in [1.82, 2.24) is 5.32 Å². The van der Waals surface area contributed by atoms with Crippen molar-refractivity contribution >= 4 is 25.8 Å². The van der Waals surface area contributed by atoms with Gasteiger partial charge in [0.05, 0.1) is 10.6 Å². The second-order valence-corrected chi connectivity index (χ2v) is 8.10. The van der Waals surface area contributed by atoms with Gasteiger partial charge in [-0.25, -0.2) is 22.0 Å². The first-order valence-corrected chi connectivity index (χ1v) is 9.14. The lowest BCUT2D eigenvalue weighted by Gasteiger charge is -2.06. The van der Waals surface area contributed by atoms with Crippen LogP contribution in [0.3, 0.4) is 0 Å². The number of sulfonamides is 1. The summed E-state index contributed by atoms with van der Waals surface area (Å²) in [7, 11) is -7.04. The van der Waals surface area contributed by atoms with E-state index in [-0.39, 0.29) is 28.5 Å². The minimum atomic E-state index is -3.88. The number of benzene rings is 1. The van der Waals surface area contributed by atoms with Crippen LogP contribution in [0.1, 0.15) is 17.3 Å². The maximum atomic E-state index is 11.8. The number of sulfone groups is 1. The van der Waals surface area contributed by atoms with Crippen LogP contribution < -0.4 is 10.5 Å². The molecular formula is C11H16N2O5S2. The first-order chi connectivity index (χ1) is 9.15. The van der Waals surface area contributed by atoms with Gasteiger partial charge < -0.3 is 5.32 Å². The van der Waals surface area contributed by atoms with Crippen molar-refractivity contribution in [3.05, 3.63) is 29.8 Å². The van der Waals surface area contributed by atoms with Crippen LogP contribution in [0.15, 0.2) is 29.2 Å². The Balaban J connectivity index is 2.74. The third-order valence-electron chi connectivity index (χ3n) is 2.56. The monoisotopic (exact) mass is 320 g/mol. The molecule has 0 spiro atoms. The molecule has 0 fully saturated rings. The summed E-state index contributed by atoms with van der Waals surface area (Å²) in [5, 5.41) is 7.38. The maximum Gasteiger partial charge on any atom is 0.251 e. The molecule has 9 heteroatoms. The molecule has 1 aromatic carbocycles. The van der Waals surface area contributed by atoms with Crippen LogP contribution in [0.25, 0.3) is 0 Å². The Hall–Kier alpha value is -1.45. The molecule has 0 bridgehead atoms. The van der Waals surface area contributed by atoms with Crippen LogP contribution in [0.4, 0.5) is 0 Å². The van der Waals surface area contributed by atoms with Crippen LogP contribution in [-0.4, -0.2) is 40.8 Å². The second kappa shape index (κ2) is 6.33. The van der Waals surface area contributed by atoms with Crippen molar-refractivity contribution in [2.75, 3.05) is 18.1 Å². The fraction of sp³-hybridized carbons (Fsp3) is 0.364. The molecule has 0 unspecified atom stereocenters. The van der Waals surface area contributed by atoms with Gasteiger partial charge in [0.2, 0.25) is 10.0 Å². The third-order valence-corrected chi connectivity index (χ3v) is 5.18. The first kappa shape index (κ1) is 16.6. The quantitative estimate of drug-likeness (QED) is 0.731. The number of nitrogens with two attached hydrogens (primary N) is 1. The van der Waals surface area contributed by atoms with E-state index in [1.807, 2.05) is 0 Å². The van der Waals surface area contributed by atoms with Gasteiger partial charge in [0.15, 0.2) is 9.84 Å². The summed E-state index contributed by atoms with van der Waals surface area (Å²) in [5.74, 6) is -0.713. The zero-order valence-corrected chi connectivity index (χ0v) is 12.5. The third kappa shape index (κ3) is 4.91. The van der Waals surface area contributed by atoms with Gasteiger partial charge in [-0.05, 0) is 18.2 Å². The van der Waals surface area contributed by atoms with Gasteiger partial charge in [-0.15, -0.1) is 0 Å². The summed E-state index contributed by atoms with van der Waals surface area (Å²) < 4.78 is 44.8. The molecule has 20 heavy (non-hydrogen) atoms. The molecule has 1 rings (SSSR count). The zero-order chi connectivity index (χ0) is 15.4. The minimum Gasteiger partial charge on any atom is -0.351 e. The Kier molecular flexibility index (Phi) is 5.26. The second-order valence-electron chi connectivity index (χ2n) is 4.07. The molecular weight excluding hydrogens is 304 g/mol. The van der Waals surface area contributed by atoms with E-state index < -0.39 is 25.8 Å². The maximum absolute atomic E-state index is 11.8. The van der Waals surface area contributed by atoms with E-state index in [1.165, 1.54) is 25.1 Å². The van der Waals surface area contributed by atoms with E-state index in [0.717, 1.165) is 6.07 Å². The highest BCUT2D eigenvalue weighted by Crippen LogP contribution is 2.09. The van der Waals surface area contributed by atoms with Crippen LogP contribution in [0, 0.1) is 0 Å². The molecule has 0 aliphatic carbocycles. The molecule has 0 saturated carbocycles. The Morgan fingerprint density at radius 2 is 1.90 bits per heavy atom. The summed E-state index contributed by atoms with van der Waals surface area (Å²) >= 11 is 0. The van der Waals surface area contributed by atoms with Crippen molar-refractivity contribution < 1.29 is 21.6 Å².